The fourth-order valence-corrected chi connectivity index (χ4v) is 3.30. The Morgan fingerprint density at radius 3 is 2.76 bits per heavy atom. The molecule has 0 aliphatic carbocycles. The molecule has 1 aliphatic heterocycles. The van der Waals surface area contributed by atoms with Crippen LogP contribution in [0.5, 0.6) is 5.75 Å². The number of hydrogen-bond acceptors (Lipinski definition) is 2. The first kappa shape index (κ1) is 15.0. The first-order valence-corrected chi connectivity index (χ1v) is 7.86. The Hall–Kier alpha value is -0.930. The molecule has 3 rings (SSSR count). The quantitative estimate of drug-likeness (QED) is 0.821. The van der Waals surface area contributed by atoms with Gasteiger partial charge in [-0.25, -0.2) is 0 Å². The van der Waals surface area contributed by atoms with Crippen molar-refractivity contribution in [2.24, 2.45) is 0 Å². The van der Waals surface area contributed by atoms with Gasteiger partial charge in [-0.3, -0.25) is 0 Å². The van der Waals surface area contributed by atoms with Crippen LogP contribution in [-0.2, 0) is 6.54 Å². The van der Waals surface area contributed by atoms with Gasteiger partial charge >= 0.3 is 0 Å². The molecule has 1 N–H and O–H groups in total. The smallest absolute Gasteiger partial charge is 0.142 e. The maximum Gasteiger partial charge on any atom is 0.142 e. The van der Waals surface area contributed by atoms with Crippen LogP contribution in [0.25, 0.3) is 0 Å². The predicted molar refractivity (Wildman–Crippen MR) is 87.6 cm³/mol. The van der Waals surface area contributed by atoms with E-state index in [0.29, 0.717) is 16.7 Å². The van der Waals surface area contributed by atoms with Gasteiger partial charge in [0.2, 0.25) is 0 Å². The van der Waals surface area contributed by atoms with E-state index in [-0.39, 0.29) is 6.04 Å². The zero-order valence-corrected chi connectivity index (χ0v) is 13.5. The Labute approximate surface area is 139 Å². The molecule has 2 aromatic rings. The Morgan fingerprint density at radius 1 is 1.10 bits per heavy atom. The van der Waals surface area contributed by atoms with E-state index in [9.17, 15) is 0 Å². The lowest BCUT2D eigenvalue weighted by atomic mass is 10.00. The number of hydrogen-bond donors (Lipinski definition) is 1. The molecule has 0 bridgehead atoms. The zero-order chi connectivity index (χ0) is 14.8. The van der Waals surface area contributed by atoms with Gasteiger partial charge in [0.05, 0.1) is 11.6 Å². The minimum absolute atomic E-state index is 0.170. The molecule has 1 aliphatic rings. The van der Waals surface area contributed by atoms with Crippen molar-refractivity contribution in [2.75, 3.05) is 6.61 Å². The maximum atomic E-state index is 6.20. The average molecular weight is 343 g/mol. The highest BCUT2D eigenvalue weighted by Crippen LogP contribution is 2.40. The van der Waals surface area contributed by atoms with Crippen LogP contribution in [0.4, 0.5) is 0 Å². The van der Waals surface area contributed by atoms with Gasteiger partial charge in [0, 0.05) is 34.6 Å². The minimum atomic E-state index is 0.170. The maximum absolute atomic E-state index is 6.20. The fourth-order valence-electron chi connectivity index (χ4n) is 2.53. The molecule has 1 atom stereocenters. The second-order valence-corrected chi connectivity index (χ2v) is 6.29. The summed E-state index contributed by atoms with van der Waals surface area (Å²) < 4.78 is 5.66. The van der Waals surface area contributed by atoms with Crippen LogP contribution in [0.15, 0.2) is 36.4 Å². The van der Waals surface area contributed by atoms with Gasteiger partial charge in [-0.05, 0) is 29.8 Å². The Morgan fingerprint density at radius 2 is 1.95 bits per heavy atom. The first-order chi connectivity index (χ1) is 10.1. The summed E-state index contributed by atoms with van der Waals surface area (Å²) in [5, 5.41) is 5.45. The lowest BCUT2D eigenvalue weighted by Crippen LogP contribution is -2.27. The van der Waals surface area contributed by atoms with E-state index in [1.807, 2.05) is 30.3 Å². The minimum Gasteiger partial charge on any atom is -0.492 e. The summed E-state index contributed by atoms with van der Waals surface area (Å²) in [6.07, 6.45) is 0.879. The molecule has 0 spiro atoms. The van der Waals surface area contributed by atoms with Crippen molar-refractivity contribution in [1.82, 2.24) is 5.32 Å². The van der Waals surface area contributed by atoms with Crippen LogP contribution in [0, 0.1) is 0 Å². The van der Waals surface area contributed by atoms with E-state index in [1.165, 1.54) is 0 Å². The van der Waals surface area contributed by atoms with Crippen LogP contribution < -0.4 is 10.1 Å². The van der Waals surface area contributed by atoms with Gasteiger partial charge in [-0.1, -0.05) is 46.9 Å². The lowest BCUT2D eigenvalue weighted by Gasteiger charge is -2.28. The van der Waals surface area contributed by atoms with Crippen LogP contribution in [0.2, 0.25) is 15.1 Å². The van der Waals surface area contributed by atoms with Gasteiger partial charge in [-0.15, -0.1) is 0 Å². The van der Waals surface area contributed by atoms with Crippen molar-refractivity contribution in [1.29, 1.82) is 0 Å². The van der Waals surface area contributed by atoms with Crippen molar-refractivity contribution < 1.29 is 4.74 Å². The molecule has 21 heavy (non-hydrogen) atoms. The number of benzene rings is 2. The van der Waals surface area contributed by atoms with E-state index in [0.717, 1.165) is 34.9 Å². The van der Waals surface area contributed by atoms with Crippen LogP contribution in [0.3, 0.4) is 0 Å². The van der Waals surface area contributed by atoms with Crippen molar-refractivity contribution in [3.63, 3.8) is 0 Å². The number of rotatable bonds is 3. The highest BCUT2D eigenvalue weighted by molar-refractivity contribution is 6.35. The highest BCUT2D eigenvalue weighted by atomic mass is 35.5. The summed E-state index contributed by atoms with van der Waals surface area (Å²) in [5.74, 6) is 0.732. The topological polar surface area (TPSA) is 21.3 Å². The standard InChI is InChI=1S/C16H14Cl3NO/c17-11-3-1-2-10(6-11)9-20-15-4-5-21-16-13(15)7-12(18)8-14(16)19/h1-3,6-8,15,20H,4-5,9H2. The molecule has 0 aromatic heterocycles. The molecule has 1 heterocycles. The summed E-state index contributed by atoms with van der Waals surface area (Å²) >= 11 is 18.3. The van der Waals surface area contributed by atoms with E-state index in [1.54, 1.807) is 6.07 Å². The monoisotopic (exact) mass is 341 g/mol. The van der Waals surface area contributed by atoms with E-state index in [4.69, 9.17) is 39.5 Å². The van der Waals surface area contributed by atoms with Gasteiger partial charge in [0.1, 0.15) is 5.75 Å². The lowest BCUT2D eigenvalue weighted by molar-refractivity contribution is 0.252. The Balaban J connectivity index is 1.79. The van der Waals surface area contributed by atoms with Crippen molar-refractivity contribution in [3.05, 3.63) is 62.6 Å². The molecular weight excluding hydrogens is 329 g/mol. The van der Waals surface area contributed by atoms with Crippen molar-refractivity contribution in [2.45, 2.75) is 19.0 Å². The second kappa shape index (κ2) is 6.45. The fraction of sp³-hybridized carbons (Fsp3) is 0.250. The van der Waals surface area contributed by atoms with E-state index in [2.05, 4.69) is 5.32 Å². The molecule has 5 heteroatoms. The molecule has 2 aromatic carbocycles. The summed E-state index contributed by atoms with van der Waals surface area (Å²) in [4.78, 5) is 0. The predicted octanol–water partition coefficient (Wildman–Crippen LogP) is 5.26. The number of nitrogens with one attached hydrogen (secondary N) is 1. The summed E-state index contributed by atoms with van der Waals surface area (Å²) in [6.45, 7) is 1.37. The first-order valence-electron chi connectivity index (χ1n) is 6.73. The molecular formula is C16H14Cl3NO. The molecule has 0 amide bonds. The number of fused-ring (bicyclic) bond motifs is 1. The normalized spacial score (nSPS) is 17.2. The third kappa shape index (κ3) is 3.46. The van der Waals surface area contributed by atoms with Crippen LogP contribution in [-0.4, -0.2) is 6.61 Å². The zero-order valence-electron chi connectivity index (χ0n) is 11.2. The Kier molecular flexibility index (Phi) is 4.60. The van der Waals surface area contributed by atoms with Gasteiger partial charge in [0.15, 0.2) is 0 Å². The Bertz CT molecular complexity index is 660. The van der Waals surface area contributed by atoms with Gasteiger partial charge in [-0.2, -0.15) is 0 Å². The molecule has 0 radical (unpaired) electrons. The number of ether oxygens (including phenoxy) is 1. The van der Waals surface area contributed by atoms with Gasteiger partial charge < -0.3 is 10.1 Å². The molecule has 110 valence electrons. The third-order valence-electron chi connectivity index (χ3n) is 3.51. The summed E-state index contributed by atoms with van der Waals surface area (Å²) in [6, 6.07) is 11.6. The van der Waals surface area contributed by atoms with E-state index < -0.39 is 0 Å². The van der Waals surface area contributed by atoms with Crippen molar-refractivity contribution >= 4 is 34.8 Å². The third-order valence-corrected chi connectivity index (χ3v) is 4.24. The van der Waals surface area contributed by atoms with Crippen LogP contribution in [0.1, 0.15) is 23.6 Å². The second-order valence-electron chi connectivity index (χ2n) is 5.01. The average Bonchev–Trinajstić information content (AvgIpc) is 2.45. The summed E-state index contributed by atoms with van der Waals surface area (Å²) in [5.41, 5.74) is 2.16. The summed E-state index contributed by atoms with van der Waals surface area (Å²) in [7, 11) is 0. The largest absolute Gasteiger partial charge is 0.492 e. The van der Waals surface area contributed by atoms with E-state index >= 15 is 0 Å². The molecule has 0 saturated heterocycles. The SMILES string of the molecule is Clc1cccc(CNC2CCOc3c(Cl)cc(Cl)cc32)c1. The molecule has 2 nitrogen and oxygen atoms in total. The molecule has 0 saturated carbocycles. The highest BCUT2D eigenvalue weighted by Gasteiger charge is 2.23. The number of halogens is 3. The van der Waals surface area contributed by atoms with Crippen molar-refractivity contribution in [3.8, 4) is 5.75 Å². The molecule has 0 fully saturated rings. The molecule has 1 unspecified atom stereocenters. The van der Waals surface area contributed by atoms with Gasteiger partial charge in [0.25, 0.3) is 0 Å². The van der Waals surface area contributed by atoms with Crippen LogP contribution >= 0.6 is 34.8 Å².